The van der Waals surface area contributed by atoms with Gasteiger partial charge in [-0.1, -0.05) is 19.1 Å². The van der Waals surface area contributed by atoms with E-state index in [1.54, 1.807) is 6.20 Å². The molecule has 2 aromatic carbocycles. The second kappa shape index (κ2) is 7.01. The van der Waals surface area contributed by atoms with Gasteiger partial charge in [0.25, 0.3) is 0 Å². The molecule has 0 amide bonds. The van der Waals surface area contributed by atoms with Crippen molar-refractivity contribution >= 4 is 0 Å². The Labute approximate surface area is 136 Å². The number of hydrogen-bond donors (Lipinski definition) is 0. The summed E-state index contributed by atoms with van der Waals surface area (Å²) < 4.78 is 13.6. The second-order valence-corrected chi connectivity index (χ2v) is 5.32. The summed E-state index contributed by atoms with van der Waals surface area (Å²) >= 11 is 0. The molecule has 4 heteroatoms. The van der Waals surface area contributed by atoms with Crippen LogP contribution >= 0.6 is 0 Å². The summed E-state index contributed by atoms with van der Waals surface area (Å²) in [7, 11) is 1.95. The van der Waals surface area contributed by atoms with Gasteiger partial charge in [-0.05, 0) is 48.4 Å². The normalized spacial score (nSPS) is 10.5. The van der Waals surface area contributed by atoms with E-state index in [0.29, 0.717) is 6.61 Å². The molecule has 3 aromatic rings. The Balaban J connectivity index is 1.61. The van der Waals surface area contributed by atoms with Crippen molar-refractivity contribution in [2.45, 2.75) is 20.0 Å². The Bertz CT molecular complexity index is 763. The lowest BCUT2D eigenvalue weighted by molar-refractivity contribution is 0.291. The lowest BCUT2D eigenvalue weighted by Crippen LogP contribution is -2.02. The minimum Gasteiger partial charge on any atom is -0.486 e. The third-order valence-electron chi connectivity index (χ3n) is 3.66. The van der Waals surface area contributed by atoms with Crippen molar-refractivity contribution in [3.05, 3.63) is 72.3 Å². The van der Waals surface area contributed by atoms with Crippen LogP contribution in [0.1, 0.15) is 18.3 Å². The molecule has 4 nitrogen and oxygen atoms in total. The van der Waals surface area contributed by atoms with E-state index >= 15 is 0 Å². The van der Waals surface area contributed by atoms with Crippen LogP contribution in [0.15, 0.2) is 60.9 Å². The Morgan fingerprint density at radius 1 is 1.00 bits per heavy atom. The number of aromatic nitrogens is 2. The molecule has 0 N–H and O–H groups in total. The molecule has 0 atom stereocenters. The number of rotatable bonds is 6. The molecule has 3 rings (SSSR count). The molecule has 0 unspecified atom stereocenters. The van der Waals surface area contributed by atoms with E-state index < -0.39 is 0 Å². The maximum absolute atomic E-state index is 5.87. The third kappa shape index (κ3) is 3.92. The van der Waals surface area contributed by atoms with Gasteiger partial charge in [0, 0.05) is 19.4 Å². The minimum absolute atomic E-state index is 0.447. The molecule has 0 saturated carbocycles. The second-order valence-electron chi connectivity index (χ2n) is 5.32. The first kappa shape index (κ1) is 15.2. The first-order valence-corrected chi connectivity index (χ1v) is 7.70. The Hall–Kier alpha value is -2.75. The SMILES string of the molecule is CCc1cccc(Oc2ccc(OCc3nccn3C)cc2)c1. The molecule has 0 bridgehead atoms. The van der Waals surface area contributed by atoms with Crippen LogP contribution in [0.5, 0.6) is 17.2 Å². The largest absolute Gasteiger partial charge is 0.486 e. The first-order chi connectivity index (χ1) is 11.2. The molecule has 0 aliphatic rings. The highest BCUT2D eigenvalue weighted by Crippen LogP contribution is 2.25. The average molecular weight is 308 g/mol. The van der Waals surface area contributed by atoms with Crippen LogP contribution in [0.4, 0.5) is 0 Å². The van der Waals surface area contributed by atoms with Crippen LogP contribution < -0.4 is 9.47 Å². The van der Waals surface area contributed by atoms with Crippen molar-refractivity contribution in [3.8, 4) is 17.2 Å². The molecule has 0 saturated heterocycles. The van der Waals surface area contributed by atoms with Crippen LogP contribution in [-0.2, 0) is 20.1 Å². The summed E-state index contributed by atoms with van der Waals surface area (Å²) in [6.45, 7) is 2.58. The molecule has 23 heavy (non-hydrogen) atoms. The molecular formula is C19H20N2O2. The van der Waals surface area contributed by atoms with Gasteiger partial charge >= 0.3 is 0 Å². The summed E-state index contributed by atoms with van der Waals surface area (Å²) in [6, 6.07) is 15.8. The Kier molecular flexibility index (Phi) is 4.62. The van der Waals surface area contributed by atoms with Crippen molar-refractivity contribution < 1.29 is 9.47 Å². The summed E-state index contributed by atoms with van der Waals surface area (Å²) in [5, 5.41) is 0. The van der Waals surface area contributed by atoms with E-state index in [2.05, 4.69) is 24.0 Å². The van der Waals surface area contributed by atoms with Gasteiger partial charge < -0.3 is 14.0 Å². The van der Waals surface area contributed by atoms with E-state index in [1.807, 2.05) is 54.2 Å². The van der Waals surface area contributed by atoms with Gasteiger partial charge in [0.1, 0.15) is 29.7 Å². The van der Waals surface area contributed by atoms with Gasteiger partial charge in [-0.25, -0.2) is 4.98 Å². The monoisotopic (exact) mass is 308 g/mol. The van der Waals surface area contributed by atoms with Crippen molar-refractivity contribution in [2.24, 2.45) is 7.05 Å². The number of imidazole rings is 1. The Morgan fingerprint density at radius 2 is 1.78 bits per heavy atom. The first-order valence-electron chi connectivity index (χ1n) is 7.70. The molecule has 1 aromatic heterocycles. The van der Waals surface area contributed by atoms with Gasteiger partial charge in [0.05, 0.1) is 0 Å². The van der Waals surface area contributed by atoms with Crippen LogP contribution in [0.2, 0.25) is 0 Å². The van der Waals surface area contributed by atoms with E-state index in [1.165, 1.54) is 5.56 Å². The van der Waals surface area contributed by atoms with Crippen molar-refractivity contribution in [1.29, 1.82) is 0 Å². The average Bonchev–Trinajstić information content (AvgIpc) is 2.99. The van der Waals surface area contributed by atoms with Gasteiger partial charge in [0.2, 0.25) is 0 Å². The lowest BCUT2D eigenvalue weighted by Gasteiger charge is -2.09. The topological polar surface area (TPSA) is 36.3 Å². The fraction of sp³-hybridized carbons (Fsp3) is 0.211. The number of hydrogen-bond acceptors (Lipinski definition) is 3. The molecule has 0 spiro atoms. The molecule has 118 valence electrons. The molecule has 1 heterocycles. The minimum atomic E-state index is 0.447. The highest BCUT2D eigenvalue weighted by Gasteiger charge is 2.02. The summed E-state index contributed by atoms with van der Waals surface area (Å²) in [5.74, 6) is 3.33. The van der Waals surface area contributed by atoms with Crippen molar-refractivity contribution in [1.82, 2.24) is 9.55 Å². The van der Waals surface area contributed by atoms with Gasteiger partial charge in [-0.15, -0.1) is 0 Å². The third-order valence-corrected chi connectivity index (χ3v) is 3.66. The molecule has 0 fully saturated rings. The highest BCUT2D eigenvalue weighted by molar-refractivity contribution is 5.36. The zero-order chi connectivity index (χ0) is 16.1. The standard InChI is InChI=1S/C19H20N2O2/c1-3-15-5-4-6-18(13-15)23-17-9-7-16(8-10-17)22-14-19-20-11-12-21(19)2/h4-13H,3,14H2,1-2H3. The highest BCUT2D eigenvalue weighted by atomic mass is 16.5. The molecule has 0 aliphatic carbocycles. The van der Waals surface area contributed by atoms with E-state index in [9.17, 15) is 0 Å². The number of benzene rings is 2. The summed E-state index contributed by atoms with van der Waals surface area (Å²) in [4.78, 5) is 4.23. The van der Waals surface area contributed by atoms with Gasteiger partial charge in [-0.3, -0.25) is 0 Å². The summed E-state index contributed by atoms with van der Waals surface area (Å²) in [5.41, 5.74) is 1.26. The zero-order valence-electron chi connectivity index (χ0n) is 13.4. The van der Waals surface area contributed by atoms with Crippen molar-refractivity contribution in [2.75, 3.05) is 0 Å². The number of nitrogens with zero attached hydrogens (tertiary/aromatic N) is 2. The lowest BCUT2D eigenvalue weighted by atomic mass is 10.2. The van der Waals surface area contributed by atoms with Crippen molar-refractivity contribution in [3.63, 3.8) is 0 Å². The predicted octanol–water partition coefficient (Wildman–Crippen LogP) is 4.35. The van der Waals surface area contributed by atoms with Crippen LogP contribution in [0, 0.1) is 0 Å². The van der Waals surface area contributed by atoms with Crippen LogP contribution in [-0.4, -0.2) is 9.55 Å². The smallest absolute Gasteiger partial charge is 0.146 e. The maximum atomic E-state index is 5.87. The fourth-order valence-corrected chi connectivity index (χ4v) is 2.25. The van der Waals surface area contributed by atoms with Crippen LogP contribution in [0.3, 0.4) is 0 Å². The fourth-order valence-electron chi connectivity index (χ4n) is 2.25. The zero-order valence-corrected chi connectivity index (χ0v) is 13.4. The van der Waals surface area contributed by atoms with Gasteiger partial charge in [0.15, 0.2) is 0 Å². The Morgan fingerprint density at radius 3 is 2.48 bits per heavy atom. The van der Waals surface area contributed by atoms with E-state index in [4.69, 9.17) is 9.47 Å². The maximum Gasteiger partial charge on any atom is 0.146 e. The quantitative estimate of drug-likeness (QED) is 0.679. The predicted molar refractivity (Wildman–Crippen MR) is 89.9 cm³/mol. The van der Waals surface area contributed by atoms with Gasteiger partial charge in [-0.2, -0.15) is 0 Å². The molecular weight excluding hydrogens is 288 g/mol. The van der Waals surface area contributed by atoms with Crippen LogP contribution in [0.25, 0.3) is 0 Å². The summed E-state index contributed by atoms with van der Waals surface area (Å²) in [6.07, 6.45) is 4.66. The van der Waals surface area contributed by atoms with E-state index in [0.717, 1.165) is 29.5 Å². The van der Waals surface area contributed by atoms with E-state index in [-0.39, 0.29) is 0 Å². The number of aryl methyl sites for hydroxylation is 2. The number of ether oxygens (including phenoxy) is 2. The molecule has 0 radical (unpaired) electrons. The molecule has 0 aliphatic heterocycles.